The van der Waals surface area contributed by atoms with Gasteiger partial charge < -0.3 is 0 Å². The zero-order chi connectivity index (χ0) is 52.1. The Labute approximate surface area is 481 Å². The van der Waals surface area contributed by atoms with Gasteiger partial charge in [-0.25, -0.2) is 0 Å². The van der Waals surface area contributed by atoms with Gasteiger partial charge in [0.15, 0.2) is 0 Å². The molecule has 0 aromatic carbocycles. The lowest BCUT2D eigenvalue weighted by atomic mass is 9.47. The van der Waals surface area contributed by atoms with E-state index in [0.29, 0.717) is 0 Å². The molecule has 0 aromatic heterocycles. The Morgan fingerprint density at radius 1 is 0.218 bits per heavy atom. The summed E-state index contributed by atoms with van der Waals surface area (Å²) in [6.45, 7) is 5.11. The molecular weight excluding hydrogens is 941 g/mol. The van der Waals surface area contributed by atoms with Crippen LogP contribution in [0.1, 0.15) is 284 Å². The minimum Gasteiger partial charge on any atom is -0.294 e. The molecule has 0 spiro atoms. The van der Waals surface area contributed by atoms with E-state index in [1.807, 2.05) is 0 Å². The largest absolute Gasteiger partial charge is 0.294 e. The summed E-state index contributed by atoms with van der Waals surface area (Å²) < 4.78 is 0. The highest BCUT2D eigenvalue weighted by atomic mass is 15.2. The van der Waals surface area contributed by atoms with E-state index in [2.05, 4.69) is 60.1 Å². The first kappa shape index (κ1) is 55.0. The highest BCUT2D eigenvalue weighted by Crippen LogP contribution is 2.63. The van der Waals surface area contributed by atoms with Crippen LogP contribution in [0.3, 0.4) is 0 Å². The minimum absolute atomic E-state index is 0.841. The van der Waals surface area contributed by atoms with Crippen molar-refractivity contribution in [1.29, 1.82) is 0 Å². The van der Waals surface area contributed by atoms with Crippen molar-refractivity contribution in [2.24, 2.45) is 118 Å². The first-order valence-electron chi connectivity index (χ1n) is 37.0. The van der Waals surface area contributed by atoms with Gasteiger partial charge in [-0.3, -0.25) is 9.80 Å². The van der Waals surface area contributed by atoms with E-state index in [1.54, 1.807) is 116 Å². The lowest BCUT2D eigenvalue weighted by molar-refractivity contribution is -0.124. The third-order valence-electron chi connectivity index (χ3n) is 29.2. The van der Waals surface area contributed by atoms with Gasteiger partial charge in [0.05, 0.1) is 0 Å². The fraction of sp³-hybridized carbons (Fsp3) is 0.921. The minimum atomic E-state index is 0.841. The third kappa shape index (κ3) is 11.7. The fourth-order valence-electron chi connectivity index (χ4n) is 25.2. The van der Waals surface area contributed by atoms with Gasteiger partial charge >= 0.3 is 0 Å². The van der Waals surface area contributed by atoms with Crippen LogP contribution in [-0.4, -0.2) is 46.1 Å². The SMILES string of the molecule is CC1CCC(N(C2CCC(C=CC3CCC(C=CC4CCC(C=CC5CCC(N(C6CCC(C)CC6)C6CCC7CCC8CCCC9CCC6C7C89)CC5)CC4)CC3)CC2)C2CCC3CCC4CCCC5CCC2C3C45)CC1. The summed E-state index contributed by atoms with van der Waals surface area (Å²) in [4.78, 5) is 6.75. The van der Waals surface area contributed by atoms with Crippen LogP contribution in [-0.2, 0) is 0 Å². The maximum Gasteiger partial charge on any atom is 0.0132 e. The average molecular weight is 1060 g/mol. The van der Waals surface area contributed by atoms with Crippen molar-refractivity contribution in [3.8, 4) is 0 Å². The van der Waals surface area contributed by atoms with Crippen LogP contribution in [0, 0.1) is 118 Å². The van der Waals surface area contributed by atoms with E-state index in [1.165, 1.54) is 154 Å². The molecule has 14 rings (SSSR count). The highest BCUT2D eigenvalue weighted by Gasteiger charge is 2.57. The first-order chi connectivity index (χ1) is 38.4. The van der Waals surface area contributed by atoms with Crippen LogP contribution in [0.25, 0.3) is 0 Å². The fourth-order valence-corrected chi connectivity index (χ4v) is 25.2. The molecule has 78 heavy (non-hydrogen) atoms. The van der Waals surface area contributed by atoms with Crippen LogP contribution >= 0.6 is 0 Å². The highest BCUT2D eigenvalue weighted by molar-refractivity contribution is 5.10. The van der Waals surface area contributed by atoms with Gasteiger partial charge in [-0.2, -0.15) is 0 Å². The normalized spacial score (nSPS) is 50.9. The molecular formula is C76H122N2. The van der Waals surface area contributed by atoms with Crippen molar-refractivity contribution >= 4 is 0 Å². The van der Waals surface area contributed by atoms with Gasteiger partial charge in [0.25, 0.3) is 0 Å². The van der Waals surface area contributed by atoms with Crippen molar-refractivity contribution in [3.05, 3.63) is 36.5 Å². The molecule has 0 aromatic rings. The van der Waals surface area contributed by atoms with E-state index in [0.717, 1.165) is 155 Å². The molecule has 0 bridgehead atoms. The summed E-state index contributed by atoms with van der Waals surface area (Å²) in [5.41, 5.74) is 0. The Balaban J connectivity index is 0.518. The smallest absolute Gasteiger partial charge is 0.0132 e. The van der Waals surface area contributed by atoms with Gasteiger partial charge in [-0.1, -0.05) is 88.8 Å². The van der Waals surface area contributed by atoms with E-state index in [4.69, 9.17) is 0 Å². The van der Waals surface area contributed by atoms with Crippen LogP contribution < -0.4 is 0 Å². The van der Waals surface area contributed by atoms with Crippen molar-refractivity contribution in [1.82, 2.24) is 9.80 Å². The van der Waals surface area contributed by atoms with Crippen LogP contribution in [0.15, 0.2) is 36.5 Å². The lowest BCUT2D eigenvalue weighted by Crippen LogP contribution is -2.61. The third-order valence-corrected chi connectivity index (χ3v) is 29.2. The van der Waals surface area contributed by atoms with Crippen LogP contribution in [0.2, 0.25) is 0 Å². The number of rotatable bonds is 12. The van der Waals surface area contributed by atoms with E-state index >= 15 is 0 Å². The monoisotopic (exact) mass is 1060 g/mol. The molecule has 2 heteroatoms. The second-order valence-electron chi connectivity index (χ2n) is 33.0. The number of nitrogens with zero attached hydrogens (tertiary/aromatic N) is 2. The van der Waals surface area contributed by atoms with Crippen molar-refractivity contribution in [2.75, 3.05) is 0 Å². The molecule has 0 amide bonds. The molecule has 0 heterocycles. The van der Waals surface area contributed by atoms with Gasteiger partial charge in [0.2, 0.25) is 0 Å². The molecule has 14 fully saturated rings. The number of hydrogen-bond acceptors (Lipinski definition) is 2. The van der Waals surface area contributed by atoms with Gasteiger partial charge in [-0.15, -0.1) is 0 Å². The van der Waals surface area contributed by atoms with Gasteiger partial charge in [0, 0.05) is 36.3 Å². The topological polar surface area (TPSA) is 6.48 Å². The maximum atomic E-state index is 3.37. The summed E-state index contributed by atoms with van der Waals surface area (Å²) in [5.74, 6) is 20.1. The Morgan fingerprint density at radius 3 is 0.744 bits per heavy atom. The van der Waals surface area contributed by atoms with Crippen molar-refractivity contribution < 1.29 is 0 Å². The Kier molecular flexibility index (Phi) is 17.6. The molecule has 0 saturated heterocycles. The molecule has 0 radical (unpaired) electrons. The molecule has 14 atom stereocenters. The van der Waals surface area contributed by atoms with Crippen LogP contribution in [0.4, 0.5) is 0 Å². The van der Waals surface area contributed by atoms with Gasteiger partial charge in [0.1, 0.15) is 0 Å². The van der Waals surface area contributed by atoms with Crippen LogP contribution in [0.5, 0.6) is 0 Å². The summed E-state index contributed by atoms with van der Waals surface area (Å²) in [5, 5.41) is 0. The summed E-state index contributed by atoms with van der Waals surface area (Å²) in [7, 11) is 0. The zero-order valence-electron chi connectivity index (χ0n) is 51.1. The molecule has 14 unspecified atom stereocenters. The second-order valence-corrected chi connectivity index (χ2v) is 33.0. The van der Waals surface area contributed by atoms with E-state index in [-0.39, 0.29) is 0 Å². The van der Waals surface area contributed by atoms with E-state index < -0.39 is 0 Å². The molecule has 2 nitrogen and oxygen atoms in total. The predicted molar refractivity (Wildman–Crippen MR) is 329 cm³/mol. The Bertz CT molecular complexity index is 1810. The average Bonchev–Trinajstić information content (AvgIpc) is 3.66. The van der Waals surface area contributed by atoms with E-state index in [9.17, 15) is 0 Å². The van der Waals surface area contributed by atoms with Crippen molar-refractivity contribution in [3.63, 3.8) is 0 Å². The Hall–Kier alpha value is -0.860. The molecule has 14 aliphatic carbocycles. The predicted octanol–water partition coefficient (Wildman–Crippen LogP) is 20.4. The second kappa shape index (κ2) is 25.0. The quantitative estimate of drug-likeness (QED) is 0.180. The summed E-state index contributed by atoms with van der Waals surface area (Å²) in [6.07, 6.45) is 80.3. The molecule has 0 aliphatic heterocycles. The standard InChI is InChI=1S/C76H122N2/c1-51-9-39-65(40-10-51)77(71-49-37-63-33-31-59-5-3-7-61-35-47-69(71)75(63)73(59)61)67-43-27-57(28-44-67)25-23-55-19-15-53(16-20-55)13-14-54-17-21-56(22-18-54)24-26-58-29-45-68(46-30-58)78(66-41-11-52(2)12-42-66)72-50-38-64-34-32-60-6-4-8-62-36-48-70(72)76(64)74(60)62/h13-14,23-26,51-76H,3-12,15-22,27-50H2,1-2H3. The van der Waals surface area contributed by atoms with Gasteiger partial charge in [-0.05, 0) is 350 Å². The number of hydrogen-bond donors (Lipinski definition) is 0. The zero-order valence-corrected chi connectivity index (χ0v) is 51.1. The molecule has 14 saturated carbocycles. The number of allylic oxidation sites excluding steroid dienone is 6. The first-order valence-corrected chi connectivity index (χ1v) is 37.0. The molecule has 436 valence electrons. The maximum absolute atomic E-state index is 3.37. The molecule has 0 N–H and O–H groups in total. The Morgan fingerprint density at radius 2 is 0.449 bits per heavy atom. The summed E-state index contributed by atoms with van der Waals surface area (Å²) >= 11 is 0. The summed E-state index contributed by atoms with van der Waals surface area (Å²) in [6, 6.07) is 5.39. The molecule has 14 aliphatic rings. The van der Waals surface area contributed by atoms with Crippen molar-refractivity contribution in [2.45, 2.75) is 320 Å². The lowest BCUT2D eigenvalue weighted by Gasteiger charge is -2.62.